The van der Waals surface area contributed by atoms with Gasteiger partial charge in [-0.15, -0.1) is 22.9 Å². The normalized spacial score (nSPS) is 11.6. The van der Waals surface area contributed by atoms with E-state index in [2.05, 4.69) is 0 Å². The third kappa shape index (κ3) is 3.39. The first kappa shape index (κ1) is 16.3. The molecule has 7 heteroatoms. The van der Waals surface area contributed by atoms with Gasteiger partial charge in [0.15, 0.2) is 0 Å². The molecule has 1 aromatic carbocycles. The van der Waals surface area contributed by atoms with Crippen molar-refractivity contribution in [1.82, 2.24) is 0 Å². The molecule has 0 N–H and O–H groups in total. The molecule has 0 saturated carbocycles. The predicted octanol–water partition coefficient (Wildman–Crippen LogP) is 3.88. The molecule has 0 bridgehead atoms. The number of halogens is 2. The molecule has 0 fully saturated rings. The Morgan fingerprint density at radius 2 is 1.95 bits per heavy atom. The van der Waals surface area contributed by atoms with E-state index in [-0.39, 0.29) is 16.4 Å². The molecule has 0 saturated heterocycles. The second-order valence-electron chi connectivity index (χ2n) is 4.28. The molecule has 0 amide bonds. The van der Waals surface area contributed by atoms with Crippen molar-refractivity contribution in [3.63, 3.8) is 0 Å². The Morgan fingerprint density at radius 3 is 2.57 bits per heavy atom. The Bertz CT molecular complexity index is 715. The number of para-hydroxylation sites is 1. The van der Waals surface area contributed by atoms with Gasteiger partial charge in [-0.1, -0.05) is 12.1 Å². The lowest BCUT2D eigenvalue weighted by atomic mass is 10.3. The molecular formula is C14H15ClFNO2S2. The molecule has 0 aliphatic carbocycles. The van der Waals surface area contributed by atoms with Crippen LogP contribution in [0, 0.1) is 5.82 Å². The summed E-state index contributed by atoms with van der Waals surface area (Å²) in [6.45, 7) is 1.84. The maximum absolute atomic E-state index is 13.9. The van der Waals surface area contributed by atoms with Gasteiger partial charge in [0, 0.05) is 17.3 Å². The zero-order valence-corrected chi connectivity index (χ0v) is 13.8. The van der Waals surface area contributed by atoms with Crippen LogP contribution in [0.2, 0.25) is 0 Å². The highest BCUT2D eigenvalue weighted by Gasteiger charge is 2.27. The molecule has 21 heavy (non-hydrogen) atoms. The molecule has 114 valence electrons. The first-order valence-corrected chi connectivity index (χ1v) is 9.21. The number of hydrogen-bond acceptors (Lipinski definition) is 3. The van der Waals surface area contributed by atoms with Crippen LogP contribution in [-0.4, -0.2) is 20.8 Å². The Labute approximate surface area is 133 Å². The van der Waals surface area contributed by atoms with E-state index < -0.39 is 15.8 Å². The van der Waals surface area contributed by atoms with Crippen molar-refractivity contribution in [1.29, 1.82) is 0 Å². The van der Waals surface area contributed by atoms with Gasteiger partial charge in [0.05, 0.1) is 5.69 Å². The van der Waals surface area contributed by atoms with Crippen LogP contribution in [0.5, 0.6) is 0 Å². The van der Waals surface area contributed by atoms with Gasteiger partial charge in [0.25, 0.3) is 10.0 Å². The van der Waals surface area contributed by atoms with Crippen molar-refractivity contribution in [2.24, 2.45) is 0 Å². The van der Waals surface area contributed by atoms with Crippen LogP contribution in [0.1, 0.15) is 11.8 Å². The Hall–Kier alpha value is -1.11. The summed E-state index contributed by atoms with van der Waals surface area (Å²) >= 11 is 6.84. The zero-order valence-electron chi connectivity index (χ0n) is 11.4. The number of sulfonamides is 1. The summed E-state index contributed by atoms with van der Waals surface area (Å²) in [6, 6.07) is 9.15. The number of benzene rings is 1. The van der Waals surface area contributed by atoms with Gasteiger partial charge in [0.2, 0.25) is 0 Å². The third-order valence-corrected chi connectivity index (χ3v) is 6.62. The monoisotopic (exact) mass is 347 g/mol. The Kier molecular flexibility index (Phi) is 5.24. The van der Waals surface area contributed by atoms with Gasteiger partial charge in [-0.2, -0.15) is 0 Å². The minimum atomic E-state index is -3.76. The highest BCUT2D eigenvalue weighted by Crippen LogP contribution is 2.30. The van der Waals surface area contributed by atoms with Crippen molar-refractivity contribution < 1.29 is 12.8 Å². The van der Waals surface area contributed by atoms with Gasteiger partial charge >= 0.3 is 0 Å². The maximum atomic E-state index is 13.9. The van der Waals surface area contributed by atoms with Crippen molar-refractivity contribution in [3.8, 4) is 0 Å². The average Bonchev–Trinajstić information content (AvgIpc) is 2.91. The van der Waals surface area contributed by atoms with Crippen LogP contribution in [0.25, 0.3) is 0 Å². The average molecular weight is 348 g/mol. The third-order valence-electron chi connectivity index (χ3n) is 2.93. The second-order valence-corrected chi connectivity index (χ2v) is 7.92. The number of hydrogen-bond donors (Lipinski definition) is 0. The summed E-state index contributed by atoms with van der Waals surface area (Å²) in [5.74, 6) is -0.120. The fourth-order valence-electron chi connectivity index (χ4n) is 1.96. The van der Waals surface area contributed by atoms with Gasteiger partial charge in [-0.3, -0.25) is 4.31 Å². The van der Waals surface area contributed by atoms with Gasteiger partial charge in [0.1, 0.15) is 10.0 Å². The zero-order chi connectivity index (χ0) is 15.5. The molecule has 0 spiro atoms. The molecular weight excluding hydrogens is 333 g/mol. The Balaban J connectivity index is 2.42. The summed E-state index contributed by atoms with van der Waals surface area (Å²) in [6.07, 6.45) is 0.619. The van der Waals surface area contributed by atoms with Crippen LogP contribution >= 0.6 is 22.9 Å². The highest BCUT2D eigenvalue weighted by molar-refractivity contribution is 7.94. The minimum absolute atomic E-state index is 0.0623. The molecule has 1 aromatic heterocycles. The molecule has 0 unspecified atom stereocenters. The van der Waals surface area contributed by atoms with Gasteiger partial charge in [-0.05, 0) is 37.6 Å². The molecule has 1 heterocycles. The minimum Gasteiger partial charge on any atom is -0.263 e. The molecule has 3 nitrogen and oxygen atoms in total. The fraction of sp³-hybridized carbons (Fsp3) is 0.286. The largest absolute Gasteiger partial charge is 0.273 e. The van der Waals surface area contributed by atoms with Gasteiger partial charge in [-0.25, -0.2) is 12.8 Å². The van der Waals surface area contributed by atoms with E-state index in [1.807, 2.05) is 0 Å². The van der Waals surface area contributed by atoms with Crippen LogP contribution in [0.15, 0.2) is 40.6 Å². The predicted molar refractivity (Wildman–Crippen MR) is 85.3 cm³/mol. The standard InChI is InChI=1S/C14H15ClFNO2S2/c1-2-17(13-6-4-3-5-12(13)16)21(18,19)14-8-7-11(20-14)9-10-15/h3-8H,2,9-10H2,1H3. The van der Waals surface area contributed by atoms with E-state index in [4.69, 9.17) is 11.6 Å². The van der Waals surface area contributed by atoms with Crippen LogP contribution in [-0.2, 0) is 16.4 Å². The van der Waals surface area contributed by atoms with E-state index in [0.29, 0.717) is 12.3 Å². The smallest absolute Gasteiger partial charge is 0.263 e. The van der Waals surface area contributed by atoms with Crippen molar-refractivity contribution in [2.75, 3.05) is 16.7 Å². The van der Waals surface area contributed by atoms with E-state index in [1.54, 1.807) is 25.1 Å². The number of nitrogens with zero attached hydrogens (tertiary/aromatic N) is 1. The summed E-state index contributed by atoms with van der Waals surface area (Å²) in [7, 11) is -3.76. The first-order valence-electron chi connectivity index (χ1n) is 6.42. The van der Waals surface area contributed by atoms with Crippen LogP contribution < -0.4 is 4.31 Å². The Morgan fingerprint density at radius 1 is 1.24 bits per heavy atom. The summed E-state index contributed by atoms with van der Waals surface area (Å²) in [5.41, 5.74) is 0.0623. The SMILES string of the molecule is CCN(c1ccccc1F)S(=O)(=O)c1ccc(CCCl)s1. The lowest BCUT2D eigenvalue weighted by Gasteiger charge is -2.22. The van der Waals surface area contributed by atoms with E-state index >= 15 is 0 Å². The molecule has 0 aliphatic rings. The number of aryl methyl sites for hydroxylation is 1. The van der Waals surface area contributed by atoms with Crippen molar-refractivity contribution in [2.45, 2.75) is 17.6 Å². The maximum Gasteiger partial charge on any atom is 0.273 e. The van der Waals surface area contributed by atoms with E-state index in [1.165, 1.54) is 29.5 Å². The second kappa shape index (κ2) is 6.77. The summed E-state index contributed by atoms with van der Waals surface area (Å²) in [4.78, 5) is 0.896. The first-order chi connectivity index (χ1) is 10.0. The molecule has 0 radical (unpaired) electrons. The van der Waals surface area contributed by atoms with Crippen molar-refractivity contribution in [3.05, 3.63) is 47.1 Å². The molecule has 2 rings (SSSR count). The van der Waals surface area contributed by atoms with Gasteiger partial charge < -0.3 is 0 Å². The van der Waals surface area contributed by atoms with Crippen LogP contribution in [0.4, 0.5) is 10.1 Å². The quantitative estimate of drug-likeness (QED) is 0.743. The molecule has 0 aliphatic heterocycles. The van der Waals surface area contributed by atoms with E-state index in [9.17, 15) is 12.8 Å². The molecule has 2 aromatic rings. The number of alkyl halides is 1. The summed E-state index contributed by atoms with van der Waals surface area (Å²) in [5, 5.41) is 0. The molecule has 0 atom stereocenters. The van der Waals surface area contributed by atoms with Crippen molar-refractivity contribution >= 4 is 38.6 Å². The fourth-order valence-corrected chi connectivity index (χ4v) is 5.22. The number of thiophene rings is 1. The van der Waals surface area contributed by atoms with Crippen LogP contribution in [0.3, 0.4) is 0 Å². The lowest BCUT2D eigenvalue weighted by Crippen LogP contribution is -2.30. The summed E-state index contributed by atoms with van der Waals surface area (Å²) < 4.78 is 40.5. The lowest BCUT2D eigenvalue weighted by molar-refractivity contribution is 0.588. The van der Waals surface area contributed by atoms with E-state index in [0.717, 1.165) is 9.18 Å². The topological polar surface area (TPSA) is 37.4 Å². The number of rotatable bonds is 6. The highest BCUT2D eigenvalue weighted by atomic mass is 35.5. The number of anilines is 1.